The Bertz CT molecular complexity index is 381. The fraction of sp³-hybridized carbons (Fsp3) is 0.625. The molecular formula is C16H26N2O2. The fourth-order valence-electron chi connectivity index (χ4n) is 2.48. The van der Waals surface area contributed by atoms with Crippen molar-refractivity contribution in [3.8, 4) is 5.75 Å². The highest BCUT2D eigenvalue weighted by molar-refractivity contribution is 5.27. The second-order valence-corrected chi connectivity index (χ2v) is 5.19. The Hall–Kier alpha value is -1.10. The van der Waals surface area contributed by atoms with Gasteiger partial charge in [-0.15, -0.1) is 0 Å². The third kappa shape index (κ3) is 4.78. The summed E-state index contributed by atoms with van der Waals surface area (Å²) in [5.41, 5.74) is 1.33. The van der Waals surface area contributed by atoms with Crippen LogP contribution in [0.25, 0.3) is 0 Å². The molecule has 1 aliphatic heterocycles. The number of nitrogens with zero attached hydrogens (tertiary/aromatic N) is 1. The normalized spacial score (nSPS) is 20.0. The first-order chi connectivity index (χ1) is 9.81. The third-order valence-corrected chi connectivity index (χ3v) is 3.79. The standard InChI is InChI=1S/C16H26N2O2/c1-3-18-10-11-20-16(13-18)12-17-9-8-14-4-6-15(19-2)7-5-14/h4-7,16-17H,3,8-13H2,1-2H3. The van der Waals surface area contributed by atoms with Gasteiger partial charge in [0.15, 0.2) is 0 Å². The summed E-state index contributed by atoms with van der Waals surface area (Å²) in [6, 6.07) is 8.27. The van der Waals surface area contributed by atoms with Crippen molar-refractivity contribution in [3.05, 3.63) is 29.8 Å². The van der Waals surface area contributed by atoms with Gasteiger partial charge in [-0.25, -0.2) is 0 Å². The fourth-order valence-corrected chi connectivity index (χ4v) is 2.48. The molecule has 1 aromatic rings. The largest absolute Gasteiger partial charge is 0.497 e. The molecule has 0 saturated carbocycles. The zero-order chi connectivity index (χ0) is 14.2. The first-order valence-electron chi connectivity index (χ1n) is 7.49. The molecule has 1 unspecified atom stereocenters. The first kappa shape index (κ1) is 15.3. The molecule has 1 atom stereocenters. The number of benzene rings is 1. The monoisotopic (exact) mass is 278 g/mol. The minimum absolute atomic E-state index is 0.333. The van der Waals surface area contributed by atoms with E-state index < -0.39 is 0 Å². The van der Waals surface area contributed by atoms with Crippen LogP contribution < -0.4 is 10.1 Å². The van der Waals surface area contributed by atoms with Gasteiger partial charge in [-0.3, -0.25) is 4.90 Å². The molecule has 1 aliphatic rings. The van der Waals surface area contributed by atoms with Crippen molar-refractivity contribution < 1.29 is 9.47 Å². The van der Waals surface area contributed by atoms with E-state index in [0.717, 1.165) is 51.5 Å². The van der Waals surface area contributed by atoms with Crippen LogP contribution in [0.1, 0.15) is 12.5 Å². The van der Waals surface area contributed by atoms with Crippen LogP contribution in [0.2, 0.25) is 0 Å². The Morgan fingerprint density at radius 3 is 2.85 bits per heavy atom. The van der Waals surface area contributed by atoms with E-state index >= 15 is 0 Å². The molecule has 2 rings (SSSR count). The van der Waals surface area contributed by atoms with Crippen molar-refractivity contribution in [1.82, 2.24) is 10.2 Å². The number of ether oxygens (including phenoxy) is 2. The summed E-state index contributed by atoms with van der Waals surface area (Å²) in [5.74, 6) is 0.914. The van der Waals surface area contributed by atoms with Gasteiger partial charge in [0.05, 0.1) is 19.8 Å². The van der Waals surface area contributed by atoms with Gasteiger partial charge >= 0.3 is 0 Å². The van der Waals surface area contributed by atoms with Crippen molar-refractivity contribution in [2.24, 2.45) is 0 Å². The van der Waals surface area contributed by atoms with Crippen molar-refractivity contribution in [3.63, 3.8) is 0 Å². The maximum atomic E-state index is 5.77. The Morgan fingerprint density at radius 1 is 1.35 bits per heavy atom. The quantitative estimate of drug-likeness (QED) is 0.767. The average Bonchev–Trinajstić information content (AvgIpc) is 2.52. The van der Waals surface area contributed by atoms with Gasteiger partial charge in [-0.2, -0.15) is 0 Å². The lowest BCUT2D eigenvalue weighted by atomic mass is 10.1. The molecule has 4 nitrogen and oxygen atoms in total. The van der Waals surface area contributed by atoms with E-state index in [1.54, 1.807) is 7.11 Å². The van der Waals surface area contributed by atoms with Crippen molar-refractivity contribution in [2.45, 2.75) is 19.4 Å². The van der Waals surface area contributed by atoms with E-state index in [0.29, 0.717) is 6.10 Å². The molecule has 1 N–H and O–H groups in total. The highest BCUT2D eigenvalue weighted by atomic mass is 16.5. The number of nitrogens with one attached hydrogen (secondary N) is 1. The number of hydrogen-bond donors (Lipinski definition) is 1. The predicted molar refractivity (Wildman–Crippen MR) is 81.4 cm³/mol. The van der Waals surface area contributed by atoms with Gasteiger partial charge in [0.1, 0.15) is 5.75 Å². The first-order valence-corrected chi connectivity index (χ1v) is 7.49. The number of rotatable bonds is 7. The van der Waals surface area contributed by atoms with E-state index in [1.807, 2.05) is 12.1 Å². The molecule has 1 fully saturated rings. The van der Waals surface area contributed by atoms with Crippen molar-refractivity contribution in [1.29, 1.82) is 0 Å². The van der Waals surface area contributed by atoms with E-state index in [9.17, 15) is 0 Å². The number of methoxy groups -OCH3 is 1. The summed E-state index contributed by atoms with van der Waals surface area (Å²) in [4.78, 5) is 2.44. The van der Waals surface area contributed by atoms with Gasteiger partial charge in [-0.05, 0) is 37.2 Å². The van der Waals surface area contributed by atoms with Gasteiger partial charge in [-0.1, -0.05) is 19.1 Å². The van der Waals surface area contributed by atoms with Crippen molar-refractivity contribution >= 4 is 0 Å². The Balaban J connectivity index is 1.63. The van der Waals surface area contributed by atoms with Gasteiger partial charge in [0.25, 0.3) is 0 Å². The molecule has 20 heavy (non-hydrogen) atoms. The average molecular weight is 278 g/mol. The number of likely N-dealkylation sites (N-methyl/N-ethyl adjacent to an activating group) is 1. The van der Waals surface area contributed by atoms with Crippen LogP contribution in [0.5, 0.6) is 5.75 Å². The second kappa shape index (κ2) is 8.25. The van der Waals surface area contributed by atoms with E-state index in [-0.39, 0.29) is 0 Å². The lowest BCUT2D eigenvalue weighted by Gasteiger charge is -2.32. The molecule has 1 heterocycles. The predicted octanol–water partition coefficient (Wildman–Crippen LogP) is 1.55. The molecule has 0 amide bonds. The molecule has 0 bridgehead atoms. The third-order valence-electron chi connectivity index (χ3n) is 3.79. The highest BCUT2D eigenvalue weighted by Gasteiger charge is 2.18. The second-order valence-electron chi connectivity index (χ2n) is 5.19. The molecule has 0 spiro atoms. The van der Waals surface area contributed by atoms with Crippen LogP contribution in [0.4, 0.5) is 0 Å². The SMILES string of the molecule is CCN1CCOC(CNCCc2ccc(OC)cc2)C1. The molecule has 0 radical (unpaired) electrons. The van der Waals surface area contributed by atoms with E-state index in [4.69, 9.17) is 9.47 Å². The Morgan fingerprint density at radius 2 is 2.15 bits per heavy atom. The lowest BCUT2D eigenvalue weighted by Crippen LogP contribution is -2.46. The minimum Gasteiger partial charge on any atom is -0.497 e. The Kier molecular flexibility index (Phi) is 6.30. The minimum atomic E-state index is 0.333. The topological polar surface area (TPSA) is 33.7 Å². The van der Waals surface area contributed by atoms with Gasteiger partial charge < -0.3 is 14.8 Å². The van der Waals surface area contributed by atoms with E-state index in [2.05, 4.69) is 29.3 Å². The molecule has 112 valence electrons. The molecule has 0 aliphatic carbocycles. The molecule has 0 aromatic heterocycles. The van der Waals surface area contributed by atoms with Crippen LogP contribution >= 0.6 is 0 Å². The summed E-state index contributed by atoms with van der Waals surface area (Å²) < 4.78 is 10.9. The molecular weight excluding hydrogens is 252 g/mol. The number of hydrogen-bond acceptors (Lipinski definition) is 4. The van der Waals surface area contributed by atoms with Crippen LogP contribution in [0.15, 0.2) is 24.3 Å². The maximum absolute atomic E-state index is 5.77. The van der Waals surface area contributed by atoms with E-state index in [1.165, 1.54) is 5.56 Å². The summed E-state index contributed by atoms with van der Waals surface area (Å²) in [5, 5.41) is 3.49. The van der Waals surface area contributed by atoms with Crippen LogP contribution in [-0.4, -0.2) is 57.4 Å². The molecule has 1 aromatic carbocycles. The summed E-state index contributed by atoms with van der Waals surface area (Å²) >= 11 is 0. The van der Waals surface area contributed by atoms with Crippen LogP contribution in [-0.2, 0) is 11.2 Å². The van der Waals surface area contributed by atoms with Crippen LogP contribution in [0, 0.1) is 0 Å². The van der Waals surface area contributed by atoms with Crippen molar-refractivity contribution in [2.75, 3.05) is 46.4 Å². The zero-order valence-corrected chi connectivity index (χ0v) is 12.6. The Labute approximate surface area is 122 Å². The van der Waals surface area contributed by atoms with Gasteiger partial charge in [0, 0.05) is 19.6 Å². The summed E-state index contributed by atoms with van der Waals surface area (Å²) in [6.45, 7) is 8.22. The van der Waals surface area contributed by atoms with Gasteiger partial charge in [0.2, 0.25) is 0 Å². The molecule has 4 heteroatoms. The zero-order valence-electron chi connectivity index (χ0n) is 12.6. The molecule has 1 saturated heterocycles. The number of morpholine rings is 1. The highest BCUT2D eigenvalue weighted by Crippen LogP contribution is 2.11. The van der Waals surface area contributed by atoms with Crippen LogP contribution in [0.3, 0.4) is 0 Å². The lowest BCUT2D eigenvalue weighted by molar-refractivity contribution is -0.0251. The summed E-state index contributed by atoms with van der Waals surface area (Å²) in [6.07, 6.45) is 1.37. The maximum Gasteiger partial charge on any atom is 0.118 e. The summed E-state index contributed by atoms with van der Waals surface area (Å²) in [7, 11) is 1.69. The smallest absolute Gasteiger partial charge is 0.118 e.